The van der Waals surface area contributed by atoms with Crippen LogP contribution in [-0.2, 0) is 21.0 Å². The van der Waals surface area contributed by atoms with Gasteiger partial charge in [0.05, 0.1) is 10.5 Å². The Morgan fingerprint density at radius 3 is 2.32 bits per heavy atom. The summed E-state index contributed by atoms with van der Waals surface area (Å²) in [5.41, 5.74) is -0.967. The zero-order chi connectivity index (χ0) is 22.8. The minimum absolute atomic E-state index is 0.0955. The van der Waals surface area contributed by atoms with Crippen molar-refractivity contribution in [1.82, 2.24) is 9.21 Å². The molecular weight excluding hydrogens is 429 g/mol. The zero-order valence-electron chi connectivity index (χ0n) is 18.1. The Balaban J connectivity index is 1.72. The van der Waals surface area contributed by atoms with Gasteiger partial charge >= 0.3 is 6.18 Å². The molecule has 1 amide bonds. The molecule has 1 aromatic rings. The van der Waals surface area contributed by atoms with E-state index in [1.807, 2.05) is 0 Å². The predicted octanol–water partition coefficient (Wildman–Crippen LogP) is 4.68. The number of carbonyl (C=O) groups is 1. The summed E-state index contributed by atoms with van der Waals surface area (Å²) in [5, 5.41) is 0. The molecule has 2 fully saturated rings. The van der Waals surface area contributed by atoms with E-state index in [0.717, 1.165) is 31.0 Å². The molecule has 0 spiro atoms. The van der Waals surface area contributed by atoms with Gasteiger partial charge in [-0.15, -0.1) is 0 Å². The maximum absolute atomic E-state index is 13.3. The van der Waals surface area contributed by atoms with Crippen LogP contribution in [0.2, 0.25) is 0 Å². The number of halogens is 3. The fraction of sp³-hybridized carbons (Fsp3) is 0.682. The average molecular weight is 461 g/mol. The normalized spacial score (nSPS) is 19.6. The van der Waals surface area contributed by atoms with E-state index in [9.17, 15) is 26.4 Å². The fourth-order valence-electron chi connectivity index (χ4n) is 4.37. The number of hydrogen-bond acceptors (Lipinski definition) is 3. The van der Waals surface area contributed by atoms with Crippen molar-refractivity contribution >= 4 is 15.9 Å². The number of benzene rings is 1. The van der Waals surface area contributed by atoms with Crippen molar-refractivity contribution in [2.24, 2.45) is 5.92 Å². The quantitative estimate of drug-likeness (QED) is 0.566. The van der Waals surface area contributed by atoms with E-state index >= 15 is 0 Å². The molecule has 1 heterocycles. The Kier molecular flexibility index (Phi) is 7.35. The number of sulfonamides is 1. The van der Waals surface area contributed by atoms with Gasteiger partial charge in [-0.25, -0.2) is 8.42 Å². The van der Waals surface area contributed by atoms with E-state index in [4.69, 9.17) is 0 Å². The fourth-order valence-corrected chi connectivity index (χ4v) is 6.34. The van der Waals surface area contributed by atoms with Crippen molar-refractivity contribution in [2.75, 3.05) is 13.1 Å². The molecule has 0 bridgehead atoms. The summed E-state index contributed by atoms with van der Waals surface area (Å²) in [7, 11) is -4.05. The van der Waals surface area contributed by atoms with E-state index in [2.05, 4.69) is 13.8 Å². The molecule has 1 aromatic carbocycles. The van der Waals surface area contributed by atoms with Crippen molar-refractivity contribution in [3.05, 3.63) is 29.8 Å². The number of amides is 1. The average Bonchev–Trinajstić information content (AvgIpc) is 3.53. The van der Waals surface area contributed by atoms with E-state index in [1.165, 1.54) is 10.4 Å². The van der Waals surface area contributed by atoms with Gasteiger partial charge in [0, 0.05) is 31.6 Å². The first-order valence-electron chi connectivity index (χ1n) is 11.0. The molecule has 5 nitrogen and oxygen atoms in total. The monoisotopic (exact) mass is 460 g/mol. The molecule has 1 saturated heterocycles. The number of likely N-dealkylation sites (tertiary alicyclic amines) is 1. The lowest BCUT2D eigenvalue weighted by Crippen LogP contribution is -2.49. The van der Waals surface area contributed by atoms with Crippen LogP contribution < -0.4 is 0 Å². The van der Waals surface area contributed by atoms with Gasteiger partial charge in [0.1, 0.15) is 0 Å². The van der Waals surface area contributed by atoms with Gasteiger partial charge < -0.3 is 4.90 Å². The topological polar surface area (TPSA) is 57.7 Å². The van der Waals surface area contributed by atoms with Gasteiger partial charge in [-0.05, 0) is 49.8 Å². The number of alkyl halides is 3. The first-order chi connectivity index (χ1) is 14.5. The van der Waals surface area contributed by atoms with Crippen molar-refractivity contribution in [3.8, 4) is 0 Å². The lowest BCUT2D eigenvalue weighted by molar-refractivity contribution is -0.137. The van der Waals surface area contributed by atoms with Gasteiger partial charge in [-0.1, -0.05) is 32.8 Å². The molecule has 1 unspecified atom stereocenters. The van der Waals surface area contributed by atoms with Crippen LogP contribution in [0.15, 0.2) is 29.2 Å². The van der Waals surface area contributed by atoms with Crippen LogP contribution in [0.4, 0.5) is 13.2 Å². The summed E-state index contributed by atoms with van der Waals surface area (Å²) in [4.78, 5) is 14.0. The lowest BCUT2D eigenvalue weighted by atomic mass is 9.99. The molecule has 3 rings (SSSR count). The first-order valence-corrected chi connectivity index (χ1v) is 12.5. The molecule has 0 N–H and O–H groups in total. The zero-order valence-corrected chi connectivity index (χ0v) is 18.9. The largest absolute Gasteiger partial charge is 0.416 e. The molecule has 0 aromatic heterocycles. The molecule has 1 saturated carbocycles. The van der Waals surface area contributed by atoms with Crippen LogP contribution in [0.5, 0.6) is 0 Å². The summed E-state index contributed by atoms with van der Waals surface area (Å²) in [6.07, 6.45) is 0.347. The smallest absolute Gasteiger partial charge is 0.343 e. The van der Waals surface area contributed by atoms with Crippen LogP contribution >= 0.6 is 0 Å². The van der Waals surface area contributed by atoms with Crippen molar-refractivity contribution in [3.63, 3.8) is 0 Å². The highest BCUT2D eigenvalue weighted by Gasteiger charge is 2.44. The maximum Gasteiger partial charge on any atom is 0.416 e. The molecule has 2 aliphatic rings. The molecule has 1 atom stereocenters. The van der Waals surface area contributed by atoms with E-state index < -0.39 is 21.8 Å². The van der Waals surface area contributed by atoms with E-state index in [1.54, 1.807) is 4.90 Å². The van der Waals surface area contributed by atoms with Crippen LogP contribution in [0.25, 0.3) is 0 Å². The Morgan fingerprint density at radius 1 is 1.16 bits per heavy atom. The van der Waals surface area contributed by atoms with Crippen LogP contribution in [0.1, 0.15) is 64.4 Å². The summed E-state index contributed by atoms with van der Waals surface area (Å²) < 4.78 is 67.3. The summed E-state index contributed by atoms with van der Waals surface area (Å²) in [5.74, 6) is 0.414. The predicted molar refractivity (Wildman–Crippen MR) is 112 cm³/mol. The molecule has 9 heteroatoms. The van der Waals surface area contributed by atoms with Crippen LogP contribution in [-0.4, -0.2) is 48.7 Å². The van der Waals surface area contributed by atoms with Gasteiger partial charge in [0.2, 0.25) is 15.9 Å². The van der Waals surface area contributed by atoms with Crippen molar-refractivity contribution in [1.29, 1.82) is 0 Å². The highest BCUT2D eigenvalue weighted by molar-refractivity contribution is 7.89. The first kappa shape index (κ1) is 24.0. The summed E-state index contributed by atoms with van der Waals surface area (Å²) >= 11 is 0. The molecule has 174 valence electrons. The summed E-state index contributed by atoms with van der Waals surface area (Å²) in [6, 6.07) is 3.50. The number of hydrogen-bond donors (Lipinski definition) is 0. The van der Waals surface area contributed by atoms with Crippen LogP contribution in [0.3, 0.4) is 0 Å². The Hall–Kier alpha value is -1.61. The molecule has 0 radical (unpaired) electrons. The molecular formula is C22H31F3N2O3S. The third-order valence-corrected chi connectivity index (χ3v) is 8.13. The maximum atomic E-state index is 13.3. The second kappa shape index (κ2) is 9.48. The summed E-state index contributed by atoms with van der Waals surface area (Å²) in [6.45, 7) is 5.10. The van der Waals surface area contributed by atoms with Crippen molar-refractivity contribution in [2.45, 2.75) is 81.9 Å². The van der Waals surface area contributed by atoms with Gasteiger partial charge in [0.15, 0.2) is 0 Å². The molecule has 1 aliphatic carbocycles. The number of carbonyl (C=O) groups excluding carboxylic acids is 1. The van der Waals surface area contributed by atoms with Crippen molar-refractivity contribution < 1.29 is 26.4 Å². The minimum atomic E-state index is -4.60. The Bertz CT molecular complexity index is 876. The number of nitrogens with zero attached hydrogens (tertiary/aromatic N) is 2. The third-order valence-electron chi connectivity index (χ3n) is 6.13. The SMILES string of the molecule is CCCC(C)CC(=O)N1CCC(N(C2CC2)S(=O)(=O)c2cccc(C(F)(F)F)c2)CC1. The minimum Gasteiger partial charge on any atom is -0.343 e. The number of piperidine rings is 1. The Morgan fingerprint density at radius 2 is 1.77 bits per heavy atom. The van der Waals surface area contributed by atoms with Gasteiger partial charge in [0.25, 0.3) is 0 Å². The molecule has 31 heavy (non-hydrogen) atoms. The second-order valence-electron chi connectivity index (χ2n) is 8.80. The van der Waals surface area contributed by atoms with Crippen LogP contribution in [0, 0.1) is 5.92 Å². The van der Waals surface area contributed by atoms with E-state index in [-0.39, 0.29) is 22.9 Å². The van der Waals surface area contributed by atoms with Gasteiger partial charge in [-0.3, -0.25) is 4.79 Å². The van der Waals surface area contributed by atoms with Gasteiger partial charge in [-0.2, -0.15) is 17.5 Å². The lowest BCUT2D eigenvalue weighted by Gasteiger charge is -2.38. The highest BCUT2D eigenvalue weighted by atomic mass is 32.2. The third kappa shape index (κ3) is 5.80. The standard InChI is InChI=1S/C22H31F3N2O3S/c1-3-5-16(2)14-21(28)26-12-10-19(11-13-26)27(18-8-9-18)31(29,30)20-7-4-6-17(15-20)22(23,24)25/h4,6-7,15-16,18-19H,3,5,8-14H2,1-2H3. The number of rotatable bonds is 8. The highest BCUT2D eigenvalue weighted by Crippen LogP contribution is 2.38. The Labute approximate surface area is 182 Å². The molecule has 1 aliphatic heterocycles. The van der Waals surface area contributed by atoms with E-state index in [0.29, 0.717) is 51.1 Å². The second-order valence-corrected chi connectivity index (χ2v) is 10.6.